The molecule has 0 unspecified atom stereocenters. The van der Waals surface area contributed by atoms with Crippen LogP contribution in [-0.4, -0.2) is 5.91 Å². The van der Waals surface area contributed by atoms with E-state index in [4.69, 9.17) is 0 Å². The van der Waals surface area contributed by atoms with Crippen LogP contribution in [0.4, 0.5) is 4.39 Å². The van der Waals surface area contributed by atoms with Gasteiger partial charge in [0.25, 0.3) is 5.91 Å². The second kappa shape index (κ2) is 5.65. The van der Waals surface area contributed by atoms with Crippen LogP contribution in [0.15, 0.2) is 42.5 Å². The lowest BCUT2D eigenvalue weighted by atomic mass is 10.1. The smallest absolute Gasteiger partial charge is 0.251 e. The monoisotopic (exact) mass is 257 g/mol. The molecule has 0 aliphatic carbocycles. The van der Waals surface area contributed by atoms with Crippen molar-refractivity contribution in [1.29, 1.82) is 0 Å². The zero-order valence-electron chi connectivity index (χ0n) is 11.0. The van der Waals surface area contributed by atoms with E-state index in [1.165, 1.54) is 6.07 Å². The summed E-state index contributed by atoms with van der Waals surface area (Å²) in [5, 5.41) is 2.78. The summed E-state index contributed by atoms with van der Waals surface area (Å²) in [5.74, 6) is -0.396. The first-order chi connectivity index (χ1) is 9.06. The Morgan fingerprint density at radius 2 is 1.95 bits per heavy atom. The van der Waals surface area contributed by atoms with Crippen LogP contribution in [-0.2, 0) is 6.54 Å². The Morgan fingerprint density at radius 3 is 2.63 bits per heavy atom. The van der Waals surface area contributed by atoms with Gasteiger partial charge in [0.2, 0.25) is 0 Å². The van der Waals surface area contributed by atoms with Gasteiger partial charge in [-0.1, -0.05) is 29.8 Å². The number of aryl methyl sites for hydroxylation is 2. The largest absolute Gasteiger partial charge is 0.348 e. The summed E-state index contributed by atoms with van der Waals surface area (Å²) in [6.07, 6.45) is 0. The van der Waals surface area contributed by atoms with Crippen molar-refractivity contribution in [3.05, 3.63) is 70.5 Å². The van der Waals surface area contributed by atoms with E-state index >= 15 is 0 Å². The van der Waals surface area contributed by atoms with Crippen molar-refractivity contribution in [2.75, 3.05) is 0 Å². The van der Waals surface area contributed by atoms with E-state index in [0.29, 0.717) is 17.7 Å². The number of nitrogens with one attached hydrogen (secondary N) is 1. The van der Waals surface area contributed by atoms with Crippen molar-refractivity contribution in [3.63, 3.8) is 0 Å². The van der Waals surface area contributed by atoms with E-state index in [2.05, 4.69) is 5.32 Å². The Bertz CT molecular complexity index is 607. The van der Waals surface area contributed by atoms with Crippen LogP contribution in [0.25, 0.3) is 0 Å². The molecule has 0 saturated carbocycles. The summed E-state index contributed by atoms with van der Waals surface area (Å²) in [4.78, 5) is 11.9. The second-order valence-corrected chi connectivity index (χ2v) is 4.64. The number of hydrogen-bond acceptors (Lipinski definition) is 1. The number of amides is 1. The van der Waals surface area contributed by atoms with Gasteiger partial charge in [0.1, 0.15) is 5.82 Å². The zero-order valence-corrected chi connectivity index (χ0v) is 11.0. The Labute approximate surface area is 112 Å². The number of benzene rings is 2. The minimum absolute atomic E-state index is 0.148. The van der Waals surface area contributed by atoms with Crippen molar-refractivity contribution in [2.45, 2.75) is 20.4 Å². The maximum Gasteiger partial charge on any atom is 0.251 e. The van der Waals surface area contributed by atoms with E-state index in [9.17, 15) is 9.18 Å². The number of carbonyl (C=O) groups excluding carboxylic acids is 1. The first kappa shape index (κ1) is 13.3. The number of hydrogen-bond donors (Lipinski definition) is 1. The van der Waals surface area contributed by atoms with Gasteiger partial charge < -0.3 is 5.32 Å². The predicted molar refractivity (Wildman–Crippen MR) is 73.5 cm³/mol. The topological polar surface area (TPSA) is 29.1 Å². The molecule has 98 valence electrons. The molecule has 0 saturated heterocycles. The highest BCUT2D eigenvalue weighted by Gasteiger charge is 2.06. The molecule has 2 rings (SSSR count). The zero-order chi connectivity index (χ0) is 13.8. The quantitative estimate of drug-likeness (QED) is 0.897. The van der Waals surface area contributed by atoms with Gasteiger partial charge >= 0.3 is 0 Å². The maximum absolute atomic E-state index is 13.4. The van der Waals surface area contributed by atoms with Gasteiger partial charge in [-0.2, -0.15) is 0 Å². The Kier molecular flexibility index (Phi) is 3.95. The highest BCUT2D eigenvalue weighted by molar-refractivity contribution is 5.94. The van der Waals surface area contributed by atoms with E-state index in [1.807, 2.05) is 31.2 Å². The van der Waals surface area contributed by atoms with Crippen LogP contribution < -0.4 is 5.32 Å². The average Bonchev–Trinajstić information content (AvgIpc) is 2.40. The first-order valence-corrected chi connectivity index (χ1v) is 6.16. The SMILES string of the molecule is Cc1cccc(C(=O)NCc2ccc(C)c(F)c2)c1. The molecule has 2 nitrogen and oxygen atoms in total. The molecule has 0 aliphatic rings. The maximum atomic E-state index is 13.4. The highest BCUT2D eigenvalue weighted by atomic mass is 19.1. The van der Waals surface area contributed by atoms with Gasteiger partial charge in [0.15, 0.2) is 0 Å². The molecule has 0 radical (unpaired) electrons. The lowest BCUT2D eigenvalue weighted by Gasteiger charge is -2.07. The average molecular weight is 257 g/mol. The molecular weight excluding hydrogens is 241 g/mol. The lowest BCUT2D eigenvalue weighted by Crippen LogP contribution is -2.22. The fourth-order valence-electron chi connectivity index (χ4n) is 1.82. The van der Waals surface area contributed by atoms with Gasteiger partial charge in [0.05, 0.1) is 0 Å². The minimum atomic E-state index is -0.248. The summed E-state index contributed by atoms with van der Waals surface area (Å²) in [6, 6.07) is 12.3. The Hall–Kier alpha value is -2.16. The van der Waals surface area contributed by atoms with Crippen molar-refractivity contribution in [1.82, 2.24) is 5.32 Å². The van der Waals surface area contributed by atoms with Crippen LogP contribution >= 0.6 is 0 Å². The van der Waals surface area contributed by atoms with Crippen LogP contribution in [0.1, 0.15) is 27.0 Å². The molecule has 0 spiro atoms. The van der Waals surface area contributed by atoms with E-state index in [-0.39, 0.29) is 11.7 Å². The number of rotatable bonds is 3. The van der Waals surface area contributed by atoms with Gasteiger partial charge in [0, 0.05) is 12.1 Å². The molecule has 1 amide bonds. The van der Waals surface area contributed by atoms with Crippen LogP contribution in [0, 0.1) is 19.7 Å². The van der Waals surface area contributed by atoms with Gasteiger partial charge in [-0.05, 0) is 43.2 Å². The summed E-state index contributed by atoms with van der Waals surface area (Å²) >= 11 is 0. The fourth-order valence-corrected chi connectivity index (χ4v) is 1.82. The molecule has 0 atom stereocenters. The van der Waals surface area contributed by atoms with Crippen molar-refractivity contribution in [3.8, 4) is 0 Å². The molecule has 19 heavy (non-hydrogen) atoms. The minimum Gasteiger partial charge on any atom is -0.348 e. The van der Waals surface area contributed by atoms with Crippen LogP contribution in [0.2, 0.25) is 0 Å². The summed E-state index contributed by atoms with van der Waals surface area (Å²) < 4.78 is 13.4. The third-order valence-electron chi connectivity index (χ3n) is 2.97. The molecule has 0 bridgehead atoms. The molecule has 1 N–H and O–H groups in total. The summed E-state index contributed by atoms with van der Waals surface area (Å²) in [5.41, 5.74) is 3.01. The van der Waals surface area contributed by atoms with E-state index in [0.717, 1.165) is 11.1 Å². The summed E-state index contributed by atoms with van der Waals surface area (Å²) in [7, 11) is 0. The predicted octanol–water partition coefficient (Wildman–Crippen LogP) is 3.37. The molecule has 2 aromatic carbocycles. The Balaban J connectivity index is 2.02. The lowest BCUT2D eigenvalue weighted by molar-refractivity contribution is 0.0951. The molecule has 2 aromatic rings. The molecule has 0 aliphatic heterocycles. The second-order valence-electron chi connectivity index (χ2n) is 4.64. The third kappa shape index (κ3) is 3.41. The number of halogens is 1. The van der Waals surface area contributed by atoms with Crippen molar-refractivity contribution >= 4 is 5.91 Å². The summed E-state index contributed by atoms with van der Waals surface area (Å²) in [6.45, 7) is 3.97. The standard InChI is InChI=1S/C16H16FNO/c1-11-4-3-5-14(8-11)16(19)18-10-13-7-6-12(2)15(17)9-13/h3-9H,10H2,1-2H3,(H,18,19). The van der Waals surface area contributed by atoms with Gasteiger partial charge in [-0.15, -0.1) is 0 Å². The molecule has 0 fully saturated rings. The molecular formula is C16H16FNO. The normalized spacial score (nSPS) is 10.3. The van der Waals surface area contributed by atoms with E-state index < -0.39 is 0 Å². The molecule has 0 heterocycles. The van der Waals surface area contributed by atoms with Crippen molar-refractivity contribution < 1.29 is 9.18 Å². The van der Waals surface area contributed by atoms with Crippen LogP contribution in [0.5, 0.6) is 0 Å². The third-order valence-corrected chi connectivity index (χ3v) is 2.97. The van der Waals surface area contributed by atoms with Crippen molar-refractivity contribution in [2.24, 2.45) is 0 Å². The molecule has 0 aromatic heterocycles. The van der Waals surface area contributed by atoms with Gasteiger partial charge in [-0.25, -0.2) is 4.39 Å². The molecule has 3 heteroatoms. The van der Waals surface area contributed by atoms with Gasteiger partial charge in [-0.3, -0.25) is 4.79 Å². The van der Waals surface area contributed by atoms with E-state index in [1.54, 1.807) is 19.1 Å². The van der Waals surface area contributed by atoms with Crippen LogP contribution in [0.3, 0.4) is 0 Å². The highest BCUT2D eigenvalue weighted by Crippen LogP contribution is 2.09. The fraction of sp³-hybridized carbons (Fsp3) is 0.188. The first-order valence-electron chi connectivity index (χ1n) is 6.16. The Morgan fingerprint density at radius 1 is 1.16 bits per heavy atom. The number of carbonyl (C=O) groups is 1.